The number of nitrogens with zero attached hydrogens (tertiary/aromatic N) is 2. The number of esters is 1. The van der Waals surface area contributed by atoms with Crippen LogP contribution in [0.2, 0.25) is 0 Å². The van der Waals surface area contributed by atoms with Gasteiger partial charge in [-0.3, -0.25) is 4.90 Å². The van der Waals surface area contributed by atoms with Crippen LogP contribution in [0.1, 0.15) is 33.5 Å². The Morgan fingerprint density at radius 3 is 1.94 bits per heavy atom. The van der Waals surface area contributed by atoms with Crippen molar-refractivity contribution in [1.82, 2.24) is 9.80 Å². The number of fused-ring (bicyclic) bond motifs is 2. The molecule has 2 aliphatic rings. The van der Waals surface area contributed by atoms with Crippen molar-refractivity contribution in [3.05, 3.63) is 101 Å². The van der Waals surface area contributed by atoms with Gasteiger partial charge < -0.3 is 34.1 Å². The van der Waals surface area contributed by atoms with Crippen molar-refractivity contribution in [2.45, 2.75) is 17.1 Å². The van der Waals surface area contributed by atoms with Gasteiger partial charge in [0.1, 0.15) is 6.61 Å². The normalized spacial score (nSPS) is 15.3. The number of carboxylic acid groups (broad SMARTS) is 2. The van der Waals surface area contributed by atoms with Crippen LogP contribution in [0, 0.1) is 0 Å². The average Bonchev–Trinajstić information content (AvgIpc) is 3.27. The number of thioether (sulfide) groups is 1. The molecule has 0 radical (unpaired) electrons. The van der Waals surface area contributed by atoms with Crippen LogP contribution in [0.4, 0.5) is 0 Å². The minimum Gasteiger partial charge on any atom is -0.493 e. The molecule has 5 rings (SSSR count). The predicted octanol–water partition coefficient (Wildman–Crippen LogP) is 5.33. The molecule has 3 aromatic carbocycles. The number of carbonyl (C=O) groups excluding carboxylic acids is 1. The van der Waals surface area contributed by atoms with Crippen LogP contribution >= 0.6 is 11.8 Å². The maximum absolute atomic E-state index is 12.7. The minimum atomic E-state index is -1.26. The molecule has 0 spiro atoms. The van der Waals surface area contributed by atoms with Gasteiger partial charge in [-0.05, 0) is 46.9 Å². The Morgan fingerprint density at radius 1 is 0.776 bits per heavy atom. The largest absolute Gasteiger partial charge is 0.493 e. The standard InChI is InChI=1S/C33H38N2O5S.C4H4O4/c1-37-29-21-25(22-30(38-2)32(29)39-3)33(36)40-20-19-35-17-15-34(16-18-35)14-8-12-27-26-10-5-4-9-24(26)23-41-31-13-7-6-11-28(27)31;5-3(6)1-2-4(7)8/h4-7,9-13,21-22H,8,14-20,23H2,1-3H3;1-2H,(H,5,6)(H,7,8)/b27-12+;2-1-. The summed E-state index contributed by atoms with van der Waals surface area (Å²) in [5.74, 6) is -0.613. The van der Waals surface area contributed by atoms with E-state index in [1.165, 1.54) is 48.5 Å². The third-order valence-corrected chi connectivity index (χ3v) is 9.16. The number of hydrogen-bond acceptors (Lipinski definition) is 10. The van der Waals surface area contributed by atoms with Gasteiger partial charge in [-0.2, -0.15) is 0 Å². The van der Waals surface area contributed by atoms with E-state index in [4.69, 9.17) is 29.2 Å². The van der Waals surface area contributed by atoms with E-state index >= 15 is 0 Å². The number of methoxy groups -OCH3 is 3. The van der Waals surface area contributed by atoms with Crippen LogP contribution in [0.3, 0.4) is 0 Å². The zero-order chi connectivity index (χ0) is 35.2. The fourth-order valence-electron chi connectivity index (χ4n) is 5.56. The first-order valence-corrected chi connectivity index (χ1v) is 16.8. The van der Waals surface area contributed by atoms with Crippen molar-refractivity contribution in [3.63, 3.8) is 0 Å². The number of ether oxygens (including phenoxy) is 4. The molecule has 2 heterocycles. The molecule has 0 saturated carbocycles. The smallest absolute Gasteiger partial charge is 0.338 e. The third-order valence-electron chi connectivity index (χ3n) is 8.04. The zero-order valence-electron chi connectivity index (χ0n) is 27.9. The van der Waals surface area contributed by atoms with E-state index in [1.54, 1.807) is 12.1 Å². The third kappa shape index (κ3) is 10.6. The number of aliphatic carboxylic acids is 2. The first-order valence-electron chi connectivity index (χ1n) is 15.8. The number of carbonyl (C=O) groups is 3. The molecular weight excluding hydrogens is 648 g/mol. The van der Waals surface area contributed by atoms with Crippen LogP contribution in [-0.4, -0.2) is 105 Å². The summed E-state index contributed by atoms with van der Waals surface area (Å²) in [4.78, 5) is 38.0. The van der Waals surface area contributed by atoms with Gasteiger partial charge in [0.25, 0.3) is 0 Å². The summed E-state index contributed by atoms with van der Waals surface area (Å²) in [5.41, 5.74) is 5.83. The summed E-state index contributed by atoms with van der Waals surface area (Å²) in [6.07, 6.45) is 4.55. The van der Waals surface area contributed by atoms with E-state index < -0.39 is 17.9 Å². The number of piperazine rings is 1. The molecule has 11 nitrogen and oxygen atoms in total. The Labute approximate surface area is 290 Å². The van der Waals surface area contributed by atoms with Crippen LogP contribution in [-0.2, 0) is 20.1 Å². The highest BCUT2D eigenvalue weighted by Crippen LogP contribution is 2.40. The van der Waals surface area contributed by atoms with Crippen LogP contribution in [0.15, 0.2) is 83.8 Å². The number of hydrogen-bond donors (Lipinski definition) is 2. The molecule has 2 aliphatic heterocycles. The molecule has 2 N–H and O–H groups in total. The molecule has 3 aromatic rings. The van der Waals surface area contributed by atoms with Gasteiger partial charge in [0, 0.05) is 62.1 Å². The molecule has 0 aromatic heterocycles. The number of carboxylic acids is 2. The van der Waals surface area contributed by atoms with E-state index in [2.05, 4.69) is 64.4 Å². The van der Waals surface area contributed by atoms with Gasteiger partial charge in [0.05, 0.1) is 26.9 Å². The Hall–Kier alpha value is -4.78. The molecule has 1 fully saturated rings. The van der Waals surface area contributed by atoms with Crippen LogP contribution < -0.4 is 14.2 Å². The molecule has 0 amide bonds. The van der Waals surface area contributed by atoms with Gasteiger partial charge in [0.2, 0.25) is 5.75 Å². The molecule has 0 aliphatic carbocycles. The summed E-state index contributed by atoms with van der Waals surface area (Å²) in [7, 11) is 4.58. The lowest BCUT2D eigenvalue weighted by Crippen LogP contribution is -2.47. The van der Waals surface area contributed by atoms with Gasteiger partial charge in [-0.25, -0.2) is 14.4 Å². The van der Waals surface area contributed by atoms with Gasteiger partial charge >= 0.3 is 17.9 Å². The van der Waals surface area contributed by atoms with Crippen molar-refractivity contribution in [3.8, 4) is 17.2 Å². The summed E-state index contributed by atoms with van der Waals surface area (Å²) in [6, 6.07) is 20.8. The van der Waals surface area contributed by atoms with Gasteiger partial charge in [-0.1, -0.05) is 48.5 Å². The van der Waals surface area contributed by atoms with Gasteiger partial charge in [-0.15, -0.1) is 11.8 Å². The topological polar surface area (TPSA) is 135 Å². The molecule has 0 unspecified atom stereocenters. The highest BCUT2D eigenvalue weighted by Gasteiger charge is 2.21. The molecule has 0 atom stereocenters. The van der Waals surface area contributed by atoms with Crippen LogP contribution in [0.25, 0.3) is 5.57 Å². The van der Waals surface area contributed by atoms with Crippen LogP contribution in [0.5, 0.6) is 17.2 Å². The Morgan fingerprint density at radius 2 is 1.35 bits per heavy atom. The quantitative estimate of drug-likeness (QED) is 0.188. The molecule has 260 valence electrons. The molecule has 0 bridgehead atoms. The highest BCUT2D eigenvalue weighted by molar-refractivity contribution is 7.98. The summed E-state index contributed by atoms with van der Waals surface area (Å²) >= 11 is 1.92. The maximum atomic E-state index is 12.7. The lowest BCUT2D eigenvalue weighted by Gasteiger charge is -2.34. The van der Waals surface area contributed by atoms with Crippen molar-refractivity contribution >= 4 is 35.2 Å². The van der Waals surface area contributed by atoms with Crippen molar-refractivity contribution in [1.29, 1.82) is 0 Å². The monoisotopic (exact) mass is 690 g/mol. The Kier molecular flexibility index (Phi) is 14.1. The van der Waals surface area contributed by atoms with E-state index in [0.29, 0.717) is 48.1 Å². The maximum Gasteiger partial charge on any atom is 0.338 e. The van der Waals surface area contributed by atoms with E-state index in [0.717, 1.165) is 44.9 Å². The minimum absolute atomic E-state index is 0.332. The van der Waals surface area contributed by atoms with Crippen molar-refractivity contribution in [2.75, 3.05) is 67.2 Å². The van der Waals surface area contributed by atoms with E-state index in [1.807, 2.05) is 11.8 Å². The molecule has 1 saturated heterocycles. The average molecular weight is 691 g/mol. The fraction of sp³-hybridized carbons (Fsp3) is 0.324. The lowest BCUT2D eigenvalue weighted by atomic mass is 9.93. The first-order chi connectivity index (χ1) is 23.7. The Balaban J connectivity index is 0.000000603. The van der Waals surface area contributed by atoms with Crippen molar-refractivity contribution in [2.24, 2.45) is 0 Å². The lowest BCUT2D eigenvalue weighted by molar-refractivity contribution is -0.134. The molecule has 49 heavy (non-hydrogen) atoms. The second kappa shape index (κ2) is 18.7. The second-order valence-corrected chi connectivity index (χ2v) is 12.1. The number of benzene rings is 3. The number of rotatable bonds is 12. The summed E-state index contributed by atoms with van der Waals surface area (Å²) < 4.78 is 21.6. The first kappa shape index (κ1) is 37.0. The fourth-order valence-corrected chi connectivity index (χ4v) is 6.64. The molecule has 12 heteroatoms. The van der Waals surface area contributed by atoms with Crippen molar-refractivity contribution < 1.29 is 43.5 Å². The highest BCUT2D eigenvalue weighted by atomic mass is 32.2. The second-order valence-electron chi connectivity index (χ2n) is 11.1. The molecular formula is C37H42N2O9S. The van der Waals surface area contributed by atoms with E-state index in [9.17, 15) is 14.4 Å². The summed E-state index contributed by atoms with van der Waals surface area (Å²) in [5, 5.41) is 15.6. The predicted molar refractivity (Wildman–Crippen MR) is 188 cm³/mol. The van der Waals surface area contributed by atoms with Gasteiger partial charge in [0.15, 0.2) is 11.5 Å². The summed E-state index contributed by atoms with van der Waals surface area (Å²) in [6.45, 7) is 6.00. The SMILES string of the molecule is COc1cc(C(=O)OCCN2CCN(CC/C=C3\c4ccccc4CSc4ccccc43)CC2)cc(OC)c1OC.O=C(O)/C=C\C(=O)O. The zero-order valence-corrected chi connectivity index (χ0v) is 28.7. The Bertz CT molecular complexity index is 1570. The van der Waals surface area contributed by atoms with E-state index in [-0.39, 0.29) is 0 Å².